The summed E-state index contributed by atoms with van der Waals surface area (Å²) in [6.45, 7) is 8.15. The SMILES string of the molecule is CC(C)N1CCNC(C2CCC(Nc3ccc(Cl)nc3)CC2)C1. The van der Waals surface area contributed by atoms with Gasteiger partial charge in [0.05, 0.1) is 11.9 Å². The maximum absolute atomic E-state index is 5.84. The number of hydrogen-bond acceptors (Lipinski definition) is 4. The van der Waals surface area contributed by atoms with Gasteiger partial charge in [0.1, 0.15) is 5.15 Å². The monoisotopic (exact) mass is 336 g/mol. The average Bonchev–Trinajstić information content (AvgIpc) is 2.58. The van der Waals surface area contributed by atoms with E-state index < -0.39 is 0 Å². The van der Waals surface area contributed by atoms with Crippen molar-refractivity contribution in [3.63, 3.8) is 0 Å². The van der Waals surface area contributed by atoms with Crippen LogP contribution in [0, 0.1) is 5.92 Å². The fraction of sp³-hybridized carbons (Fsp3) is 0.722. The van der Waals surface area contributed by atoms with Crippen molar-refractivity contribution in [3.8, 4) is 0 Å². The molecule has 23 heavy (non-hydrogen) atoms. The molecule has 0 amide bonds. The molecule has 0 aromatic carbocycles. The highest BCUT2D eigenvalue weighted by Crippen LogP contribution is 2.30. The lowest BCUT2D eigenvalue weighted by atomic mass is 9.80. The Hall–Kier alpha value is -0.840. The second kappa shape index (κ2) is 7.82. The molecule has 1 saturated carbocycles. The van der Waals surface area contributed by atoms with Crippen molar-refractivity contribution in [3.05, 3.63) is 23.5 Å². The van der Waals surface area contributed by atoms with Crippen molar-refractivity contribution in [1.82, 2.24) is 15.2 Å². The third-order valence-electron chi connectivity index (χ3n) is 5.41. The van der Waals surface area contributed by atoms with E-state index in [1.807, 2.05) is 18.3 Å². The molecule has 5 heteroatoms. The molecule has 2 N–H and O–H groups in total. The van der Waals surface area contributed by atoms with Crippen molar-refractivity contribution in [1.29, 1.82) is 0 Å². The van der Waals surface area contributed by atoms with Crippen LogP contribution in [-0.4, -0.2) is 47.6 Å². The highest BCUT2D eigenvalue weighted by Gasteiger charge is 2.31. The molecule has 1 saturated heterocycles. The van der Waals surface area contributed by atoms with Crippen LogP contribution in [0.5, 0.6) is 0 Å². The molecule has 0 spiro atoms. The van der Waals surface area contributed by atoms with Crippen molar-refractivity contribution >= 4 is 17.3 Å². The molecule has 0 radical (unpaired) electrons. The molecule has 4 nitrogen and oxygen atoms in total. The Morgan fingerprint density at radius 1 is 1.26 bits per heavy atom. The van der Waals surface area contributed by atoms with Crippen LogP contribution in [-0.2, 0) is 0 Å². The number of nitrogens with one attached hydrogen (secondary N) is 2. The summed E-state index contributed by atoms with van der Waals surface area (Å²) in [6, 6.07) is 5.77. The van der Waals surface area contributed by atoms with Crippen LogP contribution in [0.2, 0.25) is 5.15 Å². The molecule has 2 heterocycles. The Labute approximate surface area is 145 Å². The summed E-state index contributed by atoms with van der Waals surface area (Å²) in [6.07, 6.45) is 6.93. The van der Waals surface area contributed by atoms with E-state index in [0.29, 0.717) is 23.3 Å². The van der Waals surface area contributed by atoms with Gasteiger partial charge < -0.3 is 10.6 Å². The number of pyridine rings is 1. The number of aromatic nitrogens is 1. The zero-order valence-corrected chi connectivity index (χ0v) is 15.0. The number of hydrogen-bond donors (Lipinski definition) is 2. The van der Waals surface area contributed by atoms with Crippen LogP contribution in [0.4, 0.5) is 5.69 Å². The first kappa shape index (κ1) is 17.0. The number of nitrogens with zero attached hydrogens (tertiary/aromatic N) is 2. The normalized spacial score (nSPS) is 29.7. The molecule has 0 bridgehead atoms. The van der Waals surface area contributed by atoms with E-state index >= 15 is 0 Å². The van der Waals surface area contributed by atoms with Gasteiger partial charge in [0, 0.05) is 37.8 Å². The Balaban J connectivity index is 1.47. The Morgan fingerprint density at radius 3 is 2.70 bits per heavy atom. The highest BCUT2D eigenvalue weighted by molar-refractivity contribution is 6.29. The quantitative estimate of drug-likeness (QED) is 0.827. The largest absolute Gasteiger partial charge is 0.381 e. The van der Waals surface area contributed by atoms with E-state index in [-0.39, 0.29) is 0 Å². The van der Waals surface area contributed by atoms with Gasteiger partial charge in [-0.05, 0) is 57.6 Å². The van der Waals surface area contributed by atoms with Gasteiger partial charge in [-0.1, -0.05) is 11.6 Å². The van der Waals surface area contributed by atoms with E-state index in [4.69, 9.17) is 11.6 Å². The molecular weight excluding hydrogens is 308 g/mol. The Morgan fingerprint density at radius 2 is 2.04 bits per heavy atom. The summed E-state index contributed by atoms with van der Waals surface area (Å²) in [5.74, 6) is 0.818. The second-order valence-corrected chi connectivity index (χ2v) is 7.66. The van der Waals surface area contributed by atoms with E-state index in [2.05, 4.69) is 34.4 Å². The summed E-state index contributed by atoms with van der Waals surface area (Å²) < 4.78 is 0. The van der Waals surface area contributed by atoms with Crippen molar-refractivity contribution in [2.24, 2.45) is 5.92 Å². The van der Waals surface area contributed by atoms with Gasteiger partial charge in [0.25, 0.3) is 0 Å². The molecule has 128 valence electrons. The second-order valence-electron chi connectivity index (χ2n) is 7.27. The van der Waals surface area contributed by atoms with Crippen molar-refractivity contribution < 1.29 is 0 Å². The number of rotatable bonds is 4. The van der Waals surface area contributed by atoms with Gasteiger partial charge in [-0.15, -0.1) is 0 Å². The van der Waals surface area contributed by atoms with Gasteiger partial charge >= 0.3 is 0 Å². The van der Waals surface area contributed by atoms with Gasteiger partial charge in [-0.2, -0.15) is 0 Å². The lowest BCUT2D eigenvalue weighted by Gasteiger charge is -2.42. The first-order chi connectivity index (χ1) is 11.1. The topological polar surface area (TPSA) is 40.2 Å². The van der Waals surface area contributed by atoms with Gasteiger partial charge in [0.2, 0.25) is 0 Å². The number of anilines is 1. The fourth-order valence-electron chi connectivity index (χ4n) is 3.95. The lowest BCUT2D eigenvalue weighted by molar-refractivity contribution is 0.120. The average molecular weight is 337 g/mol. The van der Waals surface area contributed by atoms with E-state index in [1.165, 1.54) is 38.8 Å². The molecule has 1 aromatic heterocycles. The zero-order chi connectivity index (χ0) is 16.2. The van der Waals surface area contributed by atoms with Gasteiger partial charge in [-0.3, -0.25) is 4.90 Å². The third kappa shape index (κ3) is 4.59. The summed E-state index contributed by atoms with van der Waals surface area (Å²) in [5, 5.41) is 7.92. The summed E-state index contributed by atoms with van der Waals surface area (Å²) in [5.41, 5.74) is 1.08. The minimum absolute atomic E-state index is 0.553. The van der Waals surface area contributed by atoms with Crippen LogP contribution in [0.25, 0.3) is 0 Å². The third-order valence-corrected chi connectivity index (χ3v) is 5.63. The molecule has 1 unspecified atom stereocenters. The lowest BCUT2D eigenvalue weighted by Crippen LogP contribution is -2.56. The maximum atomic E-state index is 5.84. The minimum Gasteiger partial charge on any atom is -0.381 e. The van der Waals surface area contributed by atoms with Crippen LogP contribution >= 0.6 is 11.6 Å². The first-order valence-corrected chi connectivity index (χ1v) is 9.35. The van der Waals surface area contributed by atoms with Crippen LogP contribution in [0.15, 0.2) is 18.3 Å². The highest BCUT2D eigenvalue weighted by atomic mass is 35.5. The smallest absolute Gasteiger partial charge is 0.129 e. The van der Waals surface area contributed by atoms with Crippen LogP contribution in [0.3, 0.4) is 0 Å². The summed E-state index contributed by atoms with van der Waals surface area (Å²) in [7, 11) is 0. The predicted octanol–water partition coefficient (Wildman–Crippen LogP) is 3.39. The number of piperazine rings is 1. The minimum atomic E-state index is 0.553. The molecule has 2 aliphatic rings. The Kier molecular flexibility index (Phi) is 5.78. The van der Waals surface area contributed by atoms with E-state index in [9.17, 15) is 0 Å². The Bertz CT molecular complexity index is 482. The zero-order valence-electron chi connectivity index (χ0n) is 14.3. The molecule has 1 aliphatic carbocycles. The molecule has 1 aliphatic heterocycles. The van der Waals surface area contributed by atoms with E-state index in [0.717, 1.165) is 18.2 Å². The molecule has 1 atom stereocenters. The molecule has 2 fully saturated rings. The van der Waals surface area contributed by atoms with Gasteiger partial charge in [-0.25, -0.2) is 4.98 Å². The molecule has 1 aromatic rings. The first-order valence-electron chi connectivity index (χ1n) is 8.97. The van der Waals surface area contributed by atoms with E-state index in [1.54, 1.807) is 0 Å². The maximum Gasteiger partial charge on any atom is 0.129 e. The summed E-state index contributed by atoms with van der Waals surface area (Å²) >= 11 is 5.84. The van der Waals surface area contributed by atoms with Crippen molar-refractivity contribution in [2.75, 3.05) is 25.0 Å². The van der Waals surface area contributed by atoms with Crippen LogP contribution < -0.4 is 10.6 Å². The van der Waals surface area contributed by atoms with Crippen molar-refractivity contribution in [2.45, 2.75) is 57.7 Å². The predicted molar refractivity (Wildman–Crippen MR) is 97.1 cm³/mol. The molecule has 3 rings (SSSR count). The number of halogens is 1. The fourth-order valence-corrected chi connectivity index (χ4v) is 4.06. The van der Waals surface area contributed by atoms with Gasteiger partial charge in [0.15, 0.2) is 0 Å². The summed E-state index contributed by atoms with van der Waals surface area (Å²) in [4.78, 5) is 6.76. The van der Waals surface area contributed by atoms with Crippen LogP contribution in [0.1, 0.15) is 39.5 Å². The standard InChI is InChI=1S/C18H29ClN4/c1-13(2)23-10-9-20-17(12-23)14-3-5-15(6-4-14)22-16-7-8-18(19)21-11-16/h7-8,11,13-15,17,20,22H,3-6,9-10,12H2,1-2H3. The molecular formula is C18H29ClN4.